The van der Waals surface area contributed by atoms with Gasteiger partial charge in [-0.25, -0.2) is 4.98 Å². The van der Waals surface area contributed by atoms with E-state index in [1.807, 2.05) is 50.5 Å². The average Bonchev–Trinajstić information content (AvgIpc) is 2.97. The van der Waals surface area contributed by atoms with Crippen LogP contribution < -0.4 is 10.2 Å². The van der Waals surface area contributed by atoms with Crippen molar-refractivity contribution in [2.75, 3.05) is 32.7 Å². The number of hydrogen-bond donors (Lipinski definition) is 1. The first-order valence-electron chi connectivity index (χ1n) is 7.59. The minimum atomic E-state index is 0.663. The monoisotopic (exact) mass is 341 g/mol. The average molecular weight is 341 g/mol. The molecule has 0 atom stereocenters. The number of nitrogens with zero attached hydrogens (tertiary/aromatic N) is 4. The molecule has 2 aromatic heterocycles. The second kappa shape index (κ2) is 7.85. The van der Waals surface area contributed by atoms with E-state index in [9.17, 15) is 0 Å². The van der Waals surface area contributed by atoms with Crippen molar-refractivity contribution in [3.63, 3.8) is 0 Å². The van der Waals surface area contributed by atoms with Crippen LogP contribution in [-0.4, -0.2) is 48.3 Å². The van der Waals surface area contributed by atoms with E-state index in [1.54, 1.807) is 12.4 Å². The first-order valence-corrected chi connectivity index (χ1v) is 8.40. The molecule has 1 aromatic carbocycles. The van der Waals surface area contributed by atoms with E-state index in [1.165, 1.54) is 11.3 Å². The molecule has 0 bridgehead atoms. The van der Waals surface area contributed by atoms with Crippen LogP contribution in [-0.2, 0) is 0 Å². The van der Waals surface area contributed by atoms with Gasteiger partial charge in [0.2, 0.25) is 5.13 Å². The van der Waals surface area contributed by atoms with Crippen LogP contribution in [0.3, 0.4) is 0 Å². The predicted octanol–water partition coefficient (Wildman–Crippen LogP) is 3.08. The SMILES string of the molecule is CN(C)CCOc1ccc2nc(N/N=C/c3ccccn3)sc2c1. The number of fused-ring (bicyclic) bond motifs is 1. The second-order valence-electron chi connectivity index (χ2n) is 5.42. The number of hydrogen-bond acceptors (Lipinski definition) is 7. The first-order chi connectivity index (χ1) is 11.7. The molecule has 0 unspecified atom stereocenters. The quantitative estimate of drug-likeness (QED) is 0.528. The van der Waals surface area contributed by atoms with E-state index in [0.717, 1.165) is 33.3 Å². The molecule has 3 aromatic rings. The Bertz CT molecular complexity index is 816. The number of hydrazone groups is 1. The first kappa shape index (κ1) is 16.4. The molecule has 0 saturated heterocycles. The molecule has 2 heterocycles. The van der Waals surface area contributed by atoms with Crippen LogP contribution in [0.15, 0.2) is 47.7 Å². The Kier molecular flexibility index (Phi) is 5.35. The standard InChI is InChI=1S/C17H19N5OS/c1-22(2)9-10-23-14-6-7-15-16(11-14)24-17(20-15)21-19-12-13-5-3-4-8-18-13/h3-8,11-12H,9-10H2,1-2H3,(H,20,21)/b19-12+. The maximum Gasteiger partial charge on any atom is 0.204 e. The smallest absolute Gasteiger partial charge is 0.204 e. The Hall–Kier alpha value is -2.51. The fraction of sp³-hybridized carbons (Fsp3) is 0.235. The third-order valence-electron chi connectivity index (χ3n) is 3.21. The molecule has 0 fully saturated rings. The summed E-state index contributed by atoms with van der Waals surface area (Å²) in [4.78, 5) is 10.8. The molecule has 7 heteroatoms. The molecular weight excluding hydrogens is 322 g/mol. The number of likely N-dealkylation sites (N-methyl/N-ethyl adjacent to an activating group) is 1. The number of thiazole rings is 1. The lowest BCUT2D eigenvalue weighted by Gasteiger charge is -2.10. The Morgan fingerprint density at radius 3 is 3.00 bits per heavy atom. The molecule has 1 N–H and O–H groups in total. The van der Waals surface area contributed by atoms with Gasteiger partial charge in [0.25, 0.3) is 0 Å². The summed E-state index contributed by atoms with van der Waals surface area (Å²) in [6.07, 6.45) is 3.40. The molecule has 0 amide bonds. The fourth-order valence-corrected chi connectivity index (χ4v) is 2.84. The van der Waals surface area contributed by atoms with Gasteiger partial charge in [0, 0.05) is 12.7 Å². The number of pyridine rings is 1. The van der Waals surface area contributed by atoms with Crippen molar-refractivity contribution in [2.24, 2.45) is 5.10 Å². The van der Waals surface area contributed by atoms with Crippen molar-refractivity contribution in [3.05, 3.63) is 48.3 Å². The second-order valence-corrected chi connectivity index (χ2v) is 6.46. The Labute approximate surface area is 144 Å². The van der Waals surface area contributed by atoms with E-state index in [4.69, 9.17) is 4.74 Å². The van der Waals surface area contributed by atoms with Crippen LogP contribution in [0.5, 0.6) is 5.75 Å². The third-order valence-corrected chi connectivity index (χ3v) is 4.13. The minimum absolute atomic E-state index is 0.663. The number of anilines is 1. The predicted molar refractivity (Wildman–Crippen MR) is 99.1 cm³/mol. The van der Waals surface area contributed by atoms with E-state index >= 15 is 0 Å². The van der Waals surface area contributed by atoms with Crippen molar-refractivity contribution in [2.45, 2.75) is 0 Å². The van der Waals surface area contributed by atoms with Crippen molar-refractivity contribution < 1.29 is 4.74 Å². The van der Waals surface area contributed by atoms with Crippen LogP contribution in [0.2, 0.25) is 0 Å². The summed E-state index contributed by atoms with van der Waals surface area (Å²) in [6.45, 7) is 1.55. The zero-order valence-electron chi connectivity index (χ0n) is 13.6. The van der Waals surface area contributed by atoms with Gasteiger partial charge in [-0.15, -0.1) is 0 Å². The van der Waals surface area contributed by atoms with Crippen molar-refractivity contribution in [1.29, 1.82) is 0 Å². The molecule has 0 aliphatic rings. The number of aromatic nitrogens is 2. The maximum atomic E-state index is 5.75. The highest BCUT2D eigenvalue weighted by Gasteiger charge is 2.05. The van der Waals surface area contributed by atoms with Crippen LogP contribution >= 0.6 is 11.3 Å². The van der Waals surface area contributed by atoms with Gasteiger partial charge in [-0.2, -0.15) is 5.10 Å². The van der Waals surface area contributed by atoms with E-state index in [2.05, 4.69) is 25.4 Å². The summed E-state index contributed by atoms with van der Waals surface area (Å²) in [6, 6.07) is 11.6. The van der Waals surface area contributed by atoms with Crippen LogP contribution in [0.1, 0.15) is 5.69 Å². The topological polar surface area (TPSA) is 62.6 Å². The van der Waals surface area contributed by atoms with Gasteiger partial charge >= 0.3 is 0 Å². The van der Waals surface area contributed by atoms with E-state index in [-0.39, 0.29) is 0 Å². The van der Waals surface area contributed by atoms with Gasteiger partial charge in [0.15, 0.2) is 0 Å². The summed E-state index contributed by atoms with van der Waals surface area (Å²) >= 11 is 1.54. The van der Waals surface area contributed by atoms with Crippen molar-refractivity contribution in [1.82, 2.24) is 14.9 Å². The number of rotatable bonds is 7. The Morgan fingerprint density at radius 1 is 1.29 bits per heavy atom. The molecule has 0 aliphatic heterocycles. The Balaban J connectivity index is 1.64. The lowest BCUT2D eigenvalue weighted by atomic mass is 10.3. The van der Waals surface area contributed by atoms with Crippen LogP contribution in [0, 0.1) is 0 Å². The highest BCUT2D eigenvalue weighted by Crippen LogP contribution is 2.29. The molecule has 124 valence electrons. The lowest BCUT2D eigenvalue weighted by Crippen LogP contribution is -2.19. The molecule has 6 nitrogen and oxygen atoms in total. The highest BCUT2D eigenvalue weighted by molar-refractivity contribution is 7.22. The number of benzene rings is 1. The van der Waals surface area contributed by atoms with Gasteiger partial charge in [-0.3, -0.25) is 10.4 Å². The molecule has 0 saturated carbocycles. The normalized spacial score (nSPS) is 11.5. The zero-order chi connectivity index (χ0) is 16.8. The van der Waals surface area contributed by atoms with Crippen molar-refractivity contribution >= 4 is 32.9 Å². The van der Waals surface area contributed by atoms with E-state index in [0.29, 0.717) is 6.61 Å². The fourth-order valence-electron chi connectivity index (χ4n) is 1.99. The molecule has 3 rings (SSSR count). The van der Waals surface area contributed by atoms with Crippen LogP contribution in [0.4, 0.5) is 5.13 Å². The number of nitrogens with one attached hydrogen (secondary N) is 1. The summed E-state index contributed by atoms with van der Waals surface area (Å²) in [7, 11) is 4.05. The minimum Gasteiger partial charge on any atom is -0.492 e. The largest absolute Gasteiger partial charge is 0.492 e. The zero-order valence-corrected chi connectivity index (χ0v) is 14.5. The van der Waals surface area contributed by atoms with Crippen LogP contribution in [0.25, 0.3) is 10.2 Å². The Morgan fingerprint density at radius 2 is 2.21 bits per heavy atom. The van der Waals surface area contributed by atoms with Gasteiger partial charge in [0.1, 0.15) is 12.4 Å². The molecular formula is C17H19N5OS. The highest BCUT2D eigenvalue weighted by atomic mass is 32.1. The summed E-state index contributed by atoms with van der Waals surface area (Å²) in [5.74, 6) is 0.858. The van der Waals surface area contributed by atoms with Gasteiger partial charge < -0.3 is 9.64 Å². The summed E-state index contributed by atoms with van der Waals surface area (Å²) in [5, 5.41) is 4.91. The summed E-state index contributed by atoms with van der Waals surface area (Å²) in [5.41, 5.74) is 4.67. The molecule has 0 radical (unpaired) electrons. The van der Waals surface area contributed by atoms with E-state index < -0.39 is 0 Å². The van der Waals surface area contributed by atoms with Gasteiger partial charge in [0.05, 0.1) is 22.1 Å². The maximum absolute atomic E-state index is 5.75. The molecule has 0 aliphatic carbocycles. The lowest BCUT2D eigenvalue weighted by molar-refractivity contribution is 0.261. The van der Waals surface area contributed by atoms with Gasteiger partial charge in [-0.05, 0) is 44.4 Å². The van der Waals surface area contributed by atoms with Crippen molar-refractivity contribution in [3.8, 4) is 5.75 Å². The molecule has 24 heavy (non-hydrogen) atoms. The molecule has 0 spiro atoms. The summed E-state index contributed by atoms with van der Waals surface area (Å²) < 4.78 is 6.81. The third kappa shape index (κ3) is 4.50. The van der Waals surface area contributed by atoms with Gasteiger partial charge in [-0.1, -0.05) is 17.4 Å². The number of ether oxygens (including phenoxy) is 1.